The van der Waals surface area contributed by atoms with Gasteiger partial charge in [-0.05, 0) is 46.7 Å². The molecule has 2 aromatic rings. The lowest BCUT2D eigenvalue weighted by Crippen LogP contribution is -2.16. The predicted octanol–water partition coefficient (Wildman–Crippen LogP) is 4.94. The molecule has 0 aliphatic carbocycles. The highest BCUT2D eigenvalue weighted by molar-refractivity contribution is 5.63. The lowest BCUT2D eigenvalue weighted by atomic mass is 9.81. The molecule has 0 amide bonds. The largest absolute Gasteiger partial charge is 0.507 e. The molecule has 24 heavy (non-hydrogen) atoms. The summed E-state index contributed by atoms with van der Waals surface area (Å²) in [6.07, 6.45) is 0. The average Bonchev–Trinajstić information content (AvgIpc) is 2.38. The minimum absolute atomic E-state index is 0.112. The molecule has 130 valence electrons. The summed E-state index contributed by atoms with van der Waals surface area (Å²) >= 11 is 0. The molecule has 0 heterocycles. The summed E-state index contributed by atoms with van der Waals surface area (Å²) < 4.78 is 6.10. The Hall–Kier alpha value is -2.36. The third-order valence-corrected chi connectivity index (χ3v) is 3.95. The van der Waals surface area contributed by atoms with Crippen LogP contribution in [0.15, 0.2) is 30.3 Å². The fourth-order valence-corrected chi connectivity index (χ4v) is 2.65. The summed E-state index contributed by atoms with van der Waals surface area (Å²) in [4.78, 5) is 0. The van der Waals surface area contributed by atoms with Crippen LogP contribution in [0.5, 0.6) is 17.2 Å². The maximum Gasteiger partial charge on any atom is 0.150 e. The number of hydrogen-bond acceptors (Lipinski definition) is 4. The van der Waals surface area contributed by atoms with Crippen molar-refractivity contribution < 1.29 is 9.84 Å². The van der Waals surface area contributed by atoms with Gasteiger partial charge in [-0.1, -0.05) is 41.5 Å². The van der Waals surface area contributed by atoms with Crippen LogP contribution in [-0.2, 0) is 10.8 Å². The molecule has 0 aromatic heterocycles. The first kappa shape index (κ1) is 18.0. The number of hydrogen-bond donors (Lipinski definition) is 3. The number of anilines is 2. The number of phenolic OH excluding ortho intramolecular Hbond substituents is 1. The highest BCUT2D eigenvalue weighted by atomic mass is 16.5. The van der Waals surface area contributed by atoms with Gasteiger partial charge in [-0.15, -0.1) is 0 Å². The van der Waals surface area contributed by atoms with Gasteiger partial charge in [0, 0.05) is 11.3 Å². The predicted molar refractivity (Wildman–Crippen MR) is 101 cm³/mol. The minimum atomic E-state index is -0.279. The maximum absolute atomic E-state index is 10.6. The van der Waals surface area contributed by atoms with E-state index in [1.165, 1.54) is 0 Å². The van der Waals surface area contributed by atoms with E-state index in [2.05, 4.69) is 20.8 Å². The normalized spacial score (nSPS) is 12.2. The third-order valence-electron chi connectivity index (χ3n) is 3.95. The van der Waals surface area contributed by atoms with Crippen LogP contribution >= 0.6 is 0 Å². The summed E-state index contributed by atoms with van der Waals surface area (Å²) in [5, 5.41) is 10.6. The van der Waals surface area contributed by atoms with E-state index in [-0.39, 0.29) is 16.6 Å². The zero-order chi connectivity index (χ0) is 18.3. The quantitative estimate of drug-likeness (QED) is 0.682. The van der Waals surface area contributed by atoms with Crippen molar-refractivity contribution in [2.24, 2.45) is 0 Å². The van der Waals surface area contributed by atoms with E-state index in [9.17, 15) is 5.11 Å². The number of aromatic hydroxyl groups is 1. The lowest BCUT2D eigenvalue weighted by molar-refractivity contribution is 0.412. The molecule has 2 rings (SSSR count). The first-order chi connectivity index (χ1) is 10.9. The van der Waals surface area contributed by atoms with Crippen molar-refractivity contribution in [3.63, 3.8) is 0 Å². The molecular formula is C20H28N2O2. The molecule has 0 unspecified atom stereocenters. The molecule has 0 radical (unpaired) electrons. The van der Waals surface area contributed by atoms with Crippen LogP contribution in [0.25, 0.3) is 0 Å². The van der Waals surface area contributed by atoms with Crippen LogP contribution < -0.4 is 16.2 Å². The Morgan fingerprint density at radius 1 is 0.833 bits per heavy atom. The van der Waals surface area contributed by atoms with Crippen LogP contribution in [0.1, 0.15) is 52.7 Å². The van der Waals surface area contributed by atoms with Gasteiger partial charge in [0.05, 0.1) is 5.69 Å². The van der Waals surface area contributed by atoms with Crippen molar-refractivity contribution in [3.8, 4) is 17.2 Å². The Morgan fingerprint density at radius 3 is 1.96 bits per heavy atom. The number of ether oxygens (including phenoxy) is 1. The summed E-state index contributed by atoms with van der Waals surface area (Å²) in [5.74, 6) is 1.38. The molecule has 0 aliphatic rings. The van der Waals surface area contributed by atoms with Crippen LogP contribution in [0.2, 0.25) is 0 Å². The Kier molecular flexibility index (Phi) is 4.44. The van der Waals surface area contributed by atoms with Crippen molar-refractivity contribution in [1.29, 1.82) is 0 Å². The Labute approximate surface area is 144 Å². The molecular weight excluding hydrogens is 300 g/mol. The van der Waals surface area contributed by atoms with Crippen molar-refractivity contribution in [1.82, 2.24) is 0 Å². The first-order valence-electron chi connectivity index (χ1n) is 8.10. The number of nitrogen functional groups attached to an aromatic ring is 2. The number of rotatable bonds is 2. The smallest absolute Gasteiger partial charge is 0.150 e. The fourth-order valence-electron chi connectivity index (χ4n) is 2.65. The molecule has 0 spiro atoms. The van der Waals surface area contributed by atoms with Crippen LogP contribution in [0.3, 0.4) is 0 Å². The lowest BCUT2D eigenvalue weighted by Gasteiger charge is -2.28. The molecule has 0 saturated heterocycles. The van der Waals surface area contributed by atoms with Gasteiger partial charge in [0.15, 0.2) is 0 Å². The summed E-state index contributed by atoms with van der Waals surface area (Å²) in [6, 6.07) is 8.96. The SMILES string of the molecule is CC(C)(C)c1cc(O)c(C(C)(C)C)c(Oc2ccc(N)cc2N)c1. The first-order valence-corrected chi connectivity index (χ1v) is 8.10. The standard InChI is InChI=1S/C20H28N2O2/c1-19(2,3)12-9-15(23)18(20(4,5)6)17(10-12)24-16-8-7-13(21)11-14(16)22/h7-11,23H,21-22H2,1-6H3. The molecule has 2 aromatic carbocycles. The van der Waals surface area contributed by atoms with Crippen LogP contribution in [0.4, 0.5) is 11.4 Å². The van der Waals surface area contributed by atoms with Gasteiger partial charge in [-0.3, -0.25) is 0 Å². The summed E-state index contributed by atoms with van der Waals surface area (Å²) in [6.45, 7) is 12.4. The molecule has 5 N–H and O–H groups in total. The highest BCUT2D eigenvalue weighted by Gasteiger charge is 2.27. The van der Waals surface area contributed by atoms with Crippen LogP contribution in [-0.4, -0.2) is 5.11 Å². The second kappa shape index (κ2) is 5.93. The van der Waals surface area contributed by atoms with Gasteiger partial charge in [-0.2, -0.15) is 0 Å². The van der Waals surface area contributed by atoms with E-state index in [0.29, 0.717) is 22.9 Å². The van der Waals surface area contributed by atoms with Gasteiger partial charge in [-0.25, -0.2) is 0 Å². The van der Waals surface area contributed by atoms with E-state index >= 15 is 0 Å². The molecule has 0 atom stereocenters. The topological polar surface area (TPSA) is 81.5 Å². The summed E-state index contributed by atoms with van der Waals surface area (Å²) in [7, 11) is 0. The van der Waals surface area contributed by atoms with E-state index in [1.54, 1.807) is 18.2 Å². The molecule has 0 saturated carbocycles. The zero-order valence-electron chi connectivity index (χ0n) is 15.4. The van der Waals surface area contributed by atoms with Crippen molar-refractivity contribution in [2.45, 2.75) is 52.4 Å². The maximum atomic E-state index is 10.6. The summed E-state index contributed by atoms with van der Waals surface area (Å²) in [5.41, 5.74) is 14.2. The third kappa shape index (κ3) is 3.75. The Bertz CT molecular complexity index is 753. The van der Waals surface area contributed by atoms with E-state index in [0.717, 1.165) is 11.1 Å². The molecule has 0 aliphatic heterocycles. The monoisotopic (exact) mass is 328 g/mol. The van der Waals surface area contributed by atoms with Gasteiger partial charge < -0.3 is 21.3 Å². The second-order valence-electron chi connectivity index (χ2n) is 8.27. The van der Waals surface area contributed by atoms with E-state index in [4.69, 9.17) is 16.2 Å². The number of phenols is 1. The highest BCUT2D eigenvalue weighted by Crippen LogP contribution is 2.44. The minimum Gasteiger partial charge on any atom is -0.507 e. The molecule has 4 nitrogen and oxygen atoms in total. The Balaban J connectivity index is 2.63. The van der Waals surface area contributed by atoms with Crippen molar-refractivity contribution in [3.05, 3.63) is 41.5 Å². The fraction of sp³-hybridized carbons (Fsp3) is 0.400. The number of nitrogens with two attached hydrogens (primary N) is 2. The average molecular weight is 328 g/mol. The molecule has 0 bridgehead atoms. The van der Waals surface area contributed by atoms with E-state index < -0.39 is 0 Å². The van der Waals surface area contributed by atoms with E-state index in [1.807, 2.05) is 32.9 Å². The van der Waals surface area contributed by atoms with Gasteiger partial charge >= 0.3 is 0 Å². The second-order valence-corrected chi connectivity index (χ2v) is 8.27. The van der Waals surface area contributed by atoms with Gasteiger partial charge in [0.2, 0.25) is 0 Å². The zero-order valence-corrected chi connectivity index (χ0v) is 15.4. The molecule has 4 heteroatoms. The van der Waals surface area contributed by atoms with Gasteiger partial charge in [0.25, 0.3) is 0 Å². The van der Waals surface area contributed by atoms with Gasteiger partial charge in [0.1, 0.15) is 17.2 Å². The van der Waals surface area contributed by atoms with Crippen molar-refractivity contribution in [2.75, 3.05) is 11.5 Å². The molecule has 0 fully saturated rings. The van der Waals surface area contributed by atoms with Crippen molar-refractivity contribution >= 4 is 11.4 Å². The van der Waals surface area contributed by atoms with Crippen LogP contribution in [0, 0.1) is 0 Å². The Morgan fingerprint density at radius 2 is 1.46 bits per heavy atom. The number of benzene rings is 2.